The van der Waals surface area contributed by atoms with Crippen LogP contribution in [0.2, 0.25) is 10.0 Å². The number of nitrogens with zero attached hydrogens (tertiary/aromatic N) is 4. The molecule has 0 spiro atoms. The summed E-state index contributed by atoms with van der Waals surface area (Å²) in [6.45, 7) is 5.76. The third-order valence-corrected chi connectivity index (χ3v) is 8.24. The van der Waals surface area contributed by atoms with E-state index in [2.05, 4.69) is 4.98 Å². The van der Waals surface area contributed by atoms with Crippen molar-refractivity contribution in [3.8, 4) is 0 Å². The molecule has 4 rings (SSSR count). The number of carbonyl (C=O) groups excluding carboxylic acids is 3. The van der Waals surface area contributed by atoms with Gasteiger partial charge in [-0.1, -0.05) is 35.3 Å². The van der Waals surface area contributed by atoms with Gasteiger partial charge in [0.2, 0.25) is 11.8 Å². The highest BCUT2D eigenvalue weighted by molar-refractivity contribution is 6.42. The first-order valence-electron chi connectivity index (χ1n) is 12.3. The van der Waals surface area contributed by atoms with Gasteiger partial charge in [-0.15, -0.1) is 0 Å². The molecule has 0 aliphatic carbocycles. The number of hydrogen-bond donors (Lipinski definition) is 0. The van der Waals surface area contributed by atoms with Gasteiger partial charge in [-0.25, -0.2) is 0 Å². The first-order valence-corrected chi connectivity index (χ1v) is 13.1. The van der Waals surface area contributed by atoms with Crippen molar-refractivity contribution >= 4 is 40.9 Å². The second-order valence-corrected chi connectivity index (χ2v) is 10.7. The molecule has 0 unspecified atom stereocenters. The summed E-state index contributed by atoms with van der Waals surface area (Å²) in [7, 11) is 1.80. The first kappa shape index (κ1) is 26.4. The lowest BCUT2D eigenvalue weighted by Crippen LogP contribution is -2.53. The fourth-order valence-electron chi connectivity index (χ4n) is 5.30. The maximum atomic E-state index is 13.5. The zero-order chi connectivity index (χ0) is 26.0. The van der Waals surface area contributed by atoms with E-state index in [1.54, 1.807) is 42.1 Å². The number of halogens is 2. The van der Waals surface area contributed by atoms with Gasteiger partial charge in [0.05, 0.1) is 10.0 Å². The largest absolute Gasteiger partial charge is 0.343 e. The van der Waals surface area contributed by atoms with Crippen molar-refractivity contribution in [3.63, 3.8) is 0 Å². The van der Waals surface area contributed by atoms with E-state index in [1.165, 1.54) is 0 Å². The number of carbonyl (C=O) groups is 3. The van der Waals surface area contributed by atoms with Gasteiger partial charge >= 0.3 is 0 Å². The molecule has 2 atom stereocenters. The van der Waals surface area contributed by atoms with Crippen LogP contribution in [0.4, 0.5) is 0 Å². The molecule has 0 bridgehead atoms. The van der Waals surface area contributed by atoms with Crippen LogP contribution in [0.15, 0.2) is 36.5 Å². The van der Waals surface area contributed by atoms with E-state index in [0.717, 1.165) is 11.1 Å². The molecule has 36 heavy (non-hydrogen) atoms. The number of hydrogen-bond acceptors (Lipinski definition) is 4. The van der Waals surface area contributed by atoms with E-state index in [1.807, 2.05) is 30.0 Å². The number of piperidine rings is 2. The van der Waals surface area contributed by atoms with Gasteiger partial charge in [-0.3, -0.25) is 19.4 Å². The maximum absolute atomic E-state index is 13.5. The van der Waals surface area contributed by atoms with Crippen molar-refractivity contribution in [2.75, 3.05) is 33.2 Å². The second-order valence-electron chi connectivity index (χ2n) is 9.84. The lowest BCUT2D eigenvalue weighted by atomic mass is 9.84. The van der Waals surface area contributed by atoms with E-state index in [0.29, 0.717) is 61.2 Å². The van der Waals surface area contributed by atoms with Crippen molar-refractivity contribution in [2.45, 2.75) is 45.1 Å². The Kier molecular flexibility index (Phi) is 8.20. The molecule has 0 radical (unpaired) electrons. The molecular formula is C27H32Cl2N4O3. The molecule has 0 N–H and O–H groups in total. The minimum atomic E-state index is -0.151. The molecular weight excluding hydrogens is 499 g/mol. The summed E-state index contributed by atoms with van der Waals surface area (Å²) in [6.07, 6.45) is 3.67. The average Bonchev–Trinajstić information content (AvgIpc) is 2.89. The zero-order valence-corrected chi connectivity index (χ0v) is 22.4. The predicted molar refractivity (Wildman–Crippen MR) is 140 cm³/mol. The van der Waals surface area contributed by atoms with Crippen LogP contribution in [-0.4, -0.2) is 76.7 Å². The quantitative estimate of drug-likeness (QED) is 0.586. The van der Waals surface area contributed by atoms with Gasteiger partial charge in [-0.05, 0) is 55.5 Å². The molecule has 2 aliphatic rings. The number of likely N-dealkylation sites (N-methyl/N-ethyl adjacent to an activating group) is 1. The molecule has 3 amide bonds. The van der Waals surface area contributed by atoms with Crippen molar-refractivity contribution in [2.24, 2.45) is 5.92 Å². The predicted octanol–water partition coefficient (Wildman–Crippen LogP) is 4.41. The fourth-order valence-corrected chi connectivity index (χ4v) is 5.61. The highest BCUT2D eigenvalue weighted by Crippen LogP contribution is 2.35. The van der Waals surface area contributed by atoms with Crippen LogP contribution in [0.3, 0.4) is 0 Å². The third kappa shape index (κ3) is 5.68. The van der Waals surface area contributed by atoms with Gasteiger partial charge in [0, 0.05) is 64.2 Å². The van der Waals surface area contributed by atoms with E-state index in [4.69, 9.17) is 23.2 Å². The Bertz CT molecular complexity index is 1130. The number of aryl methyl sites for hydroxylation is 1. The van der Waals surface area contributed by atoms with Crippen molar-refractivity contribution < 1.29 is 14.4 Å². The van der Waals surface area contributed by atoms with Gasteiger partial charge in [0.25, 0.3) is 5.91 Å². The second kappa shape index (κ2) is 11.2. The minimum Gasteiger partial charge on any atom is -0.343 e. The third-order valence-electron chi connectivity index (χ3n) is 7.50. The Balaban J connectivity index is 1.55. The molecule has 3 heterocycles. The molecule has 2 fully saturated rings. The number of pyridine rings is 1. The molecule has 0 saturated carbocycles. The van der Waals surface area contributed by atoms with Crippen molar-refractivity contribution in [3.05, 3.63) is 63.4 Å². The van der Waals surface area contributed by atoms with E-state index >= 15 is 0 Å². The number of aromatic nitrogens is 1. The van der Waals surface area contributed by atoms with Crippen LogP contribution >= 0.6 is 23.2 Å². The molecule has 1 aromatic carbocycles. The number of rotatable bonds is 4. The molecule has 9 heteroatoms. The normalized spacial score (nSPS) is 20.8. The van der Waals surface area contributed by atoms with Gasteiger partial charge in [0.15, 0.2) is 0 Å². The monoisotopic (exact) mass is 530 g/mol. The average molecular weight is 531 g/mol. The number of likely N-dealkylation sites (tertiary alicyclic amines) is 2. The Morgan fingerprint density at radius 2 is 1.67 bits per heavy atom. The summed E-state index contributed by atoms with van der Waals surface area (Å²) < 4.78 is 0. The van der Waals surface area contributed by atoms with Crippen molar-refractivity contribution in [1.29, 1.82) is 0 Å². The molecule has 2 aromatic rings. The lowest BCUT2D eigenvalue weighted by Gasteiger charge is -2.44. The highest BCUT2D eigenvalue weighted by atomic mass is 35.5. The van der Waals surface area contributed by atoms with Gasteiger partial charge in [-0.2, -0.15) is 0 Å². The van der Waals surface area contributed by atoms with Crippen LogP contribution < -0.4 is 0 Å². The van der Waals surface area contributed by atoms with Crippen LogP contribution in [0.25, 0.3) is 0 Å². The Hall–Kier alpha value is -2.64. The standard InChI is InChI=1S/C27H32Cl2N4O3/c1-17-4-7-24(30-15-17)27(36)31(3)25-10-13-33(16-21(25)20-5-6-22(28)23(29)14-20)26(35)19-8-11-32(12-9-19)18(2)34/h4-7,14-15,19,21,25H,8-13,16H2,1-3H3/t21-,25+/m0/s1. The zero-order valence-electron chi connectivity index (χ0n) is 20.9. The first-order chi connectivity index (χ1) is 17.2. The Morgan fingerprint density at radius 1 is 0.972 bits per heavy atom. The van der Waals surface area contributed by atoms with E-state index < -0.39 is 0 Å². The van der Waals surface area contributed by atoms with Gasteiger partial charge < -0.3 is 14.7 Å². The highest BCUT2D eigenvalue weighted by Gasteiger charge is 2.39. The van der Waals surface area contributed by atoms with Crippen molar-refractivity contribution in [1.82, 2.24) is 19.7 Å². The van der Waals surface area contributed by atoms with E-state index in [9.17, 15) is 14.4 Å². The maximum Gasteiger partial charge on any atom is 0.272 e. The van der Waals surface area contributed by atoms with Crippen LogP contribution in [0, 0.1) is 12.8 Å². The molecule has 192 valence electrons. The summed E-state index contributed by atoms with van der Waals surface area (Å²) in [5.74, 6) is -0.202. The van der Waals surface area contributed by atoms with Crippen LogP contribution in [-0.2, 0) is 9.59 Å². The Labute approximate surface area is 222 Å². The smallest absolute Gasteiger partial charge is 0.272 e. The van der Waals surface area contributed by atoms with Crippen LogP contribution in [0.1, 0.15) is 53.7 Å². The minimum absolute atomic E-state index is 0.0529. The SMILES string of the molecule is CC(=O)N1CCC(C(=O)N2CC[C@@H](N(C)C(=O)c3ccc(C)cn3)[C@H](c3ccc(Cl)c(Cl)c3)C2)CC1. The number of benzene rings is 1. The Morgan fingerprint density at radius 3 is 2.28 bits per heavy atom. The molecule has 1 aromatic heterocycles. The molecule has 7 nitrogen and oxygen atoms in total. The summed E-state index contributed by atoms with van der Waals surface area (Å²) in [4.78, 5) is 48.2. The number of amides is 3. The van der Waals surface area contributed by atoms with Gasteiger partial charge in [0.1, 0.15) is 5.69 Å². The topological polar surface area (TPSA) is 73.8 Å². The molecule has 2 aliphatic heterocycles. The molecule has 2 saturated heterocycles. The van der Waals surface area contributed by atoms with E-state index in [-0.39, 0.29) is 35.6 Å². The fraction of sp³-hybridized carbons (Fsp3) is 0.481. The summed E-state index contributed by atoms with van der Waals surface area (Å²) in [5.41, 5.74) is 2.32. The summed E-state index contributed by atoms with van der Waals surface area (Å²) in [5, 5.41) is 0.911. The lowest BCUT2D eigenvalue weighted by molar-refractivity contribution is -0.141. The van der Waals surface area contributed by atoms with Crippen LogP contribution in [0.5, 0.6) is 0 Å². The summed E-state index contributed by atoms with van der Waals surface area (Å²) in [6, 6.07) is 9.01. The summed E-state index contributed by atoms with van der Waals surface area (Å²) >= 11 is 12.5.